The highest BCUT2D eigenvalue weighted by molar-refractivity contribution is 6.22. The Balaban J connectivity index is 1.83. The van der Waals surface area contributed by atoms with Crippen molar-refractivity contribution >= 4 is 11.6 Å². The van der Waals surface area contributed by atoms with E-state index in [1.54, 1.807) is 6.07 Å². The molecule has 0 bridgehead atoms. The van der Waals surface area contributed by atoms with Crippen LogP contribution in [0.15, 0.2) is 48.5 Å². The van der Waals surface area contributed by atoms with Gasteiger partial charge in [-0.05, 0) is 48.9 Å². The molecule has 0 aliphatic heterocycles. The maximum atomic E-state index is 9.98. The second-order valence-electron chi connectivity index (χ2n) is 5.52. The highest BCUT2D eigenvalue weighted by atomic mass is 35.5. The summed E-state index contributed by atoms with van der Waals surface area (Å²) >= 11 is 6.54. The van der Waals surface area contributed by atoms with Gasteiger partial charge in [-0.3, -0.25) is 0 Å². The molecule has 0 radical (unpaired) electrons. The lowest BCUT2D eigenvalue weighted by Crippen LogP contribution is -2.11. The summed E-state index contributed by atoms with van der Waals surface area (Å²) in [5.41, 5.74) is 1.98. The van der Waals surface area contributed by atoms with Gasteiger partial charge in [0.25, 0.3) is 0 Å². The van der Waals surface area contributed by atoms with Crippen LogP contribution in [0.4, 0.5) is 0 Å². The lowest BCUT2D eigenvalue weighted by Gasteiger charge is -2.17. The van der Waals surface area contributed by atoms with E-state index in [0.717, 1.165) is 24.0 Å². The van der Waals surface area contributed by atoms with Gasteiger partial charge < -0.3 is 9.84 Å². The lowest BCUT2D eigenvalue weighted by atomic mass is 10.0. The van der Waals surface area contributed by atoms with Crippen LogP contribution < -0.4 is 4.74 Å². The van der Waals surface area contributed by atoms with Crippen molar-refractivity contribution in [2.75, 3.05) is 0 Å². The zero-order valence-corrected chi connectivity index (χ0v) is 12.6. The molecule has 0 heterocycles. The van der Waals surface area contributed by atoms with Crippen molar-refractivity contribution in [3.8, 4) is 11.5 Å². The van der Waals surface area contributed by atoms with E-state index in [-0.39, 0.29) is 17.2 Å². The van der Waals surface area contributed by atoms with E-state index in [9.17, 15) is 5.11 Å². The largest absolute Gasteiger partial charge is 0.504 e. The molecule has 1 N–H and O–H groups in total. The van der Waals surface area contributed by atoms with Crippen LogP contribution in [0.1, 0.15) is 42.2 Å². The van der Waals surface area contributed by atoms with Crippen LogP contribution in [0.3, 0.4) is 0 Å². The van der Waals surface area contributed by atoms with Gasteiger partial charge in [0.05, 0.1) is 11.5 Å². The molecule has 1 atom stereocenters. The van der Waals surface area contributed by atoms with Crippen molar-refractivity contribution in [1.29, 1.82) is 0 Å². The SMILES string of the molecule is Oc1ccc(C(Cl)c2ccccc2)cc1OC1CCCC1. The van der Waals surface area contributed by atoms with E-state index in [1.807, 2.05) is 42.5 Å². The third kappa shape index (κ3) is 3.33. The number of hydrogen-bond acceptors (Lipinski definition) is 2. The average Bonchev–Trinajstić information content (AvgIpc) is 3.03. The number of phenols is 1. The number of benzene rings is 2. The van der Waals surface area contributed by atoms with Gasteiger partial charge >= 0.3 is 0 Å². The minimum Gasteiger partial charge on any atom is -0.504 e. The Morgan fingerprint density at radius 3 is 2.43 bits per heavy atom. The summed E-state index contributed by atoms with van der Waals surface area (Å²) < 4.78 is 5.92. The molecule has 0 saturated heterocycles. The summed E-state index contributed by atoms with van der Waals surface area (Å²) in [7, 11) is 0. The quantitative estimate of drug-likeness (QED) is 0.802. The molecule has 2 aromatic carbocycles. The second-order valence-corrected chi connectivity index (χ2v) is 5.96. The number of rotatable bonds is 4. The molecule has 110 valence electrons. The Bertz CT molecular complexity index is 591. The number of hydrogen-bond donors (Lipinski definition) is 1. The zero-order chi connectivity index (χ0) is 14.7. The van der Waals surface area contributed by atoms with Crippen LogP contribution >= 0.6 is 11.6 Å². The molecular weight excluding hydrogens is 284 g/mol. The summed E-state index contributed by atoms with van der Waals surface area (Å²) in [6.45, 7) is 0. The first-order valence-corrected chi connectivity index (χ1v) is 7.86. The molecule has 21 heavy (non-hydrogen) atoms. The Labute approximate surface area is 130 Å². The number of alkyl halides is 1. The molecule has 0 amide bonds. The van der Waals surface area contributed by atoms with Gasteiger partial charge in [-0.25, -0.2) is 0 Å². The molecule has 2 aromatic rings. The van der Waals surface area contributed by atoms with Crippen LogP contribution in [0.2, 0.25) is 0 Å². The van der Waals surface area contributed by atoms with Gasteiger partial charge in [-0.2, -0.15) is 0 Å². The Hall–Kier alpha value is -1.67. The zero-order valence-electron chi connectivity index (χ0n) is 11.8. The predicted molar refractivity (Wildman–Crippen MR) is 85.1 cm³/mol. The van der Waals surface area contributed by atoms with Gasteiger partial charge in [0.1, 0.15) is 0 Å². The molecule has 0 spiro atoms. The van der Waals surface area contributed by atoms with Gasteiger partial charge in [-0.15, -0.1) is 11.6 Å². The highest BCUT2D eigenvalue weighted by Crippen LogP contribution is 2.36. The van der Waals surface area contributed by atoms with E-state index < -0.39 is 0 Å². The normalized spacial score (nSPS) is 16.8. The minimum atomic E-state index is -0.238. The van der Waals surface area contributed by atoms with Crippen LogP contribution in [0.5, 0.6) is 11.5 Å². The second kappa shape index (κ2) is 6.40. The minimum absolute atomic E-state index is 0.183. The highest BCUT2D eigenvalue weighted by Gasteiger charge is 2.19. The van der Waals surface area contributed by atoms with Crippen molar-refractivity contribution in [1.82, 2.24) is 0 Å². The van der Waals surface area contributed by atoms with E-state index >= 15 is 0 Å². The van der Waals surface area contributed by atoms with Gasteiger partial charge in [-0.1, -0.05) is 36.4 Å². The molecule has 3 heteroatoms. The Kier molecular flexibility index (Phi) is 4.35. The van der Waals surface area contributed by atoms with Gasteiger partial charge in [0.2, 0.25) is 0 Å². The Morgan fingerprint density at radius 2 is 1.71 bits per heavy atom. The van der Waals surface area contributed by atoms with E-state index in [0.29, 0.717) is 5.75 Å². The number of phenolic OH excluding ortho intramolecular Hbond substituents is 1. The van der Waals surface area contributed by atoms with Crippen molar-refractivity contribution in [3.05, 3.63) is 59.7 Å². The van der Waals surface area contributed by atoms with Crippen molar-refractivity contribution < 1.29 is 9.84 Å². The van der Waals surface area contributed by atoms with Crippen LogP contribution in [-0.4, -0.2) is 11.2 Å². The number of ether oxygens (including phenoxy) is 1. The summed E-state index contributed by atoms with van der Waals surface area (Å²) in [5, 5.41) is 9.74. The van der Waals surface area contributed by atoms with Gasteiger partial charge in [0, 0.05) is 0 Å². The topological polar surface area (TPSA) is 29.5 Å². The van der Waals surface area contributed by atoms with Crippen molar-refractivity contribution in [2.45, 2.75) is 37.2 Å². The molecule has 1 aliphatic carbocycles. The predicted octanol–water partition coefficient (Wildman–Crippen LogP) is 5.04. The average molecular weight is 303 g/mol. The Morgan fingerprint density at radius 1 is 1.00 bits per heavy atom. The summed E-state index contributed by atoms with van der Waals surface area (Å²) in [6, 6.07) is 15.3. The molecule has 3 rings (SSSR count). The van der Waals surface area contributed by atoms with E-state index in [2.05, 4.69) is 0 Å². The van der Waals surface area contributed by atoms with Crippen molar-refractivity contribution in [2.24, 2.45) is 0 Å². The molecule has 0 aromatic heterocycles. The van der Waals surface area contributed by atoms with Crippen molar-refractivity contribution in [3.63, 3.8) is 0 Å². The molecule has 1 saturated carbocycles. The molecule has 1 unspecified atom stereocenters. The monoisotopic (exact) mass is 302 g/mol. The number of halogens is 1. The third-order valence-corrected chi connectivity index (χ3v) is 4.47. The molecule has 1 aliphatic rings. The molecule has 1 fully saturated rings. The molecule has 2 nitrogen and oxygen atoms in total. The summed E-state index contributed by atoms with van der Waals surface area (Å²) in [4.78, 5) is 0. The first kappa shape index (κ1) is 14.3. The lowest BCUT2D eigenvalue weighted by molar-refractivity contribution is 0.201. The summed E-state index contributed by atoms with van der Waals surface area (Å²) in [5.74, 6) is 0.726. The number of aromatic hydroxyl groups is 1. The maximum Gasteiger partial charge on any atom is 0.161 e. The first-order chi connectivity index (χ1) is 10.2. The summed E-state index contributed by atoms with van der Waals surface area (Å²) in [6.07, 6.45) is 4.75. The fraction of sp³-hybridized carbons (Fsp3) is 0.333. The smallest absolute Gasteiger partial charge is 0.161 e. The fourth-order valence-electron chi connectivity index (χ4n) is 2.78. The van der Waals surface area contributed by atoms with Crippen LogP contribution in [0, 0.1) is 0 Å². The van der Waals surface area contributed by atoms with Gasteiger partial charge in [0.15, 0.2) is 11.5 Å². The standard InChI is InChI=1S/C18H19ClO2/c19-18(13-6-2-1-3-7-13)14-10-11-16(20)17(12-14)21-15-8-4-5-9-15/h1-3,6-7,10-12,15,18,20H,4-5,8-9H2. The first-order valence-electron chi connectivity index (χ1n) is 7.42. The third-order valence-electron chi connectivity index (χ3n) is 3.96. The van der Waals surface area contributed by atoms with Crippen LogP contribution in [-0.2, 0) is 0 Å². The molecular formula is C18H19ClO2. The fourth-order valence-corrected chi connectivity index (χ4v) is 3.06. The van der Waals surface area contributed by atoms with Crippen LogP contribution in [0.25, 0.3) is 0 Å². The maximum absolute atomic E-state index is 9.98. The van der Waals surface area contributed by atoms with E-state index in [1.165, 1.54) is 12.8 Å². The van der Waals surface area contributed by atoms with E-state index in [4.69, 9.17) is 16.3 Å².